The molecule has 0 radical (unpaired) electrons. The number of fused-ring (bicyclic) bond motifs is 1. The van der Waals surface area contributed by atoms with E-state index in [0.29, 0.717) is 23.0 Å². The zero-order chi connectivity index (χ0) is 20.8. The van der Waals surface area contributed by atoms with Gasteiger partial charge in [-0.2, -0.15) is 0 Å². The Labute approximate surface area is 180 Å². The second-order valence-electron chi connectivity index (χ2n) is 7.01. The minimum atomic E-state index is -0.253. The Morgan fingerprint density at radius 1 is 1.17 bits per heavy atom. The predicted molar refractivity (Wildman–Crippen MR) is 119 cm³/mol. The lowest BCUT2D eigenvalue weighted by molar-refractivity contribution is -0.118. The Hall–Kier alpha value is -2.28. The van der Waals surface area contributed by atoms with Gasteiger partial charge in [0.15, 0.2) is 0 Å². The van der Waals surface area contributed by atoms with Crippen LogP contribution in [0.5, 0.6) is 0 Å². The summed E-state index contributed by atoms with van der Waals surface area (Å²) in [5, 5.41) is 3.47. The molecule has 5 nitrogen and oxygen atoms in total. The molecule has 1 aliphatic rings. The molecule has 0 unspecified atom stereocenters. The number of carbonyl (C=O) groups is 2. The van der Waals surface area contributed by atoms with E-state index in [1.807, 2.05) is 62.6 Å². The van der Waals surface area contributed by atoms with Crippen molar-refractivity contribution < 1.29 is 9.59 Å². The molecule has 1 aliphatic heterocycles. The number of carbonyl (C=O) groups excluding carboxylic acids is 2. The van der Waals surface area contributed by atoms with Crippen molar-refractivity contribution in [3.63, 3.8) is 0 Å². The van der Waals surface area contributed by atoms with Gasteiger partial charge in [-0.1, -0.05) is 53.7 Å². The van der Waals surface area contributed by atoms with Gasteiger partial charge in [0.05, 0.1) is 17.1 Å². The Kier molecular flexibility index (Phi) is 7.36. The second kappa shape index (κ2) is 9.96. The summed E-state index contributed by atoms with van der Waals surface area (Å²) in [6.07, 6.45) is 2.25. The predicted octanol–water partition coefficient (Wildman–Crippen LogP) is 3.93. The highest BCUT2D eigenvalue weighted by atomic mass is 35.5. The fraction of sp³-hybridized carbons (Fsp3) is 0.273. The number of amides is 2. The van der Waals surface area contributed by atoms with Gasteiger partial charge in [-0.3, -0.25) is 9.59 Å². The lowest BCUT2D eigenvalue weighted by atomic mass is 10.1. The van der Waals surface area contributed by atoms with Gasteiger partial charge >= 0.3 is 0 Å². The summed E-state index contributed by atoms with van der Waals surface area (Å²) in [4.78, 5) is 30.6. The maximum Gasteiger partial charge on any atom is 0.265 e. The van der Waals surface area contributed by atoms with Gasteiger partial charge in [0.2, 0.25) is 5.91 Å². The third-order valence-electron chi connectivity index (χ3n) is 4.46. The molecule has 3 rings (SSSR count). The van der Waals surface area contributed by atoms with Gasteiger partial charge in [0.25, 0.3) is 5.91 Å². The van der Waals surface area contributed by atoms with Crippen LogP contribution in [0.3, 0.4) is 0 Å². The first kappa shape index (κ1) is 21.4. The highest BCUT2D eigenvalue weighted by molar-refractivity contribution is 8.04. The number of anilines is 1. The minimum absolute atomic E-state index is 0.197. The van der Waals surface area contributed by atoms with E-state index in [-0.39, 0.29) is 11.8 Å². The van der Waals surface area contributed by atoms with Crippen LogP contribution < -0.4 is 10.2 Å². The van der Waals surface area contributed by atoms with Crippen LogP contribution in [-0.2, 0) is 16.1 Å². The van der Waals surface area contributed by atoms with E-state index >= 15 is 0 Å². The van der Waals surface area contributed by atoms with E-state index in [9.17, 15) is 9.59 Å². The first-order chi connectivity index (χ1) is 14.0. The van der Waals surface area contributed by atoms with E-state index in [1.54, 1.807) is 4.90 Å². The molecule has 1 N–H and O–H groups in total. The topological polar surface area (TPSA) is 52.7 Å². The number of halogens is 1. The number of rotatable bonds is 7. The number of nitrogens with one attached hydrogen (secondary N) is 1. The summed E-state index contributed by atoms with van der Waals surface area (Å²) < 4.78 is 0. The molecule has 2 aromatic rings. The van der Waals surface area contributed by atoms with Crippen LogP contribution in [0.2, 0.25) is 5.02 Å². The zero-order valence-electron chi connectivity index (χ0n) is 16.5. The first-order valence-corrected chi connectivity index (χ1v) is 10.6. The maximum atomic E-state index is 13.2. The van der Waals surface area contributed by atoms with Crippen molar-refractivity contribution in [2.24, 2.45) is 0 Å². The monoisotopic (exact) mass is 429 g/mol. The number of nitrogens with zero attached hydrogens (tertiary/aromatic N) is 2. The zero-order valence-corrected chi connectivity index (χ0v) is 18.1. The summed E-state index contributed by atoms with van der Waals surface area (Å²) in [5.74, 6) is -0.450. The van der Waals surface area contributed by atoms with Crippen LogP contribution in [0.15, 0.2) is 64.4 Å². The molecule has 0 aromatic heterocycles. The molecular weight excluding hydrogens is 406 g/mol. The Bertz CT molecular complexity index is 930. The maximum absolute atomic E-state index is 13.2. The normalized spacial score (nSPS) is 15.0. The van der Waals surface area contributed by atoms with Crippen LogP contribution in [-0.4, -0.2) is 43.9 Å². The molecule has 7 heteroatoms. The molecule has 0 spiro atoms. The fourth-order valence-electron chi connectivity index (χ4n) is 2.99. The fourth-order valence-corrected chi connectivity index (χ4v) is 4.22. The lowest BCUT2D eigenvalue weighted by Crippen LogP contribution is -2.35. The number of thioether (sulfide) groups is 1. The van der Waals surface area contributed by atoms with Crippen molar-refractivity contribution in [1.82, 2.24) is 10.2 Å². The molecule has 0 fully saturated rings. The molecule has 152 valence electrons. The molecule has 2 amide bonds. The van der Waals surface area contributed by atoms with Crippen molar-refractivity contribution in [3.8, 4) is 0 Å². The average molecular weight is 430 g/mol. The second-order valence-corrected chi connectivity index (χ2v) is 8.50. The van der Waals surface area contributed by atoms with Crippen molar-refractivity contribution >= 4 is 40.9 Å². The molecule has 0 saturated carbocycles. The Balaban J connectivity index is 1.79. The van der Waals surface area contributed by atoms with Crippen molar-refractivity contribution in [2.45, 2.75) is 17.9 Å². The molecule has 0 saturated heterocycles. The molecule has 29 heavy (non-hydrogen) atoms. The third-order valence-corrected chi connectivity index (χ3v) is 5.91. The van der Waals surface area contributed by atoms with Gasteiger partial charge in [-0.15, -0.1) is 0 Å². The summed E-state index contributed by atoms with van der Waals surface area (Å²) in [6, 6.07) is 15.2. The Morgan fingerprint density at radius 3 is 2.66 bits per heavy atom. The Morgan fingerprint density at radius 2 is 1.90 bits per heavy atom. The van der Waals surface area contributed by atoms with Crippen LogP contribution in [0.1, 0.15) is 12.0 Å². The minimum Gasteiger partial charge on any atom is -0.352 e. The average Bonchev–Trinajstić information content (AvgIpc) is 2.69. The van der Waals surface area contributed by atoms with Gasteiger partial charge in [-0.25, -0.2) is 0 Å². The van der Waals surface area contributed by atoms with Crippen LogP contribution in [0.4, 0.5) is 5.69 Å². The lowest BCUT2D eigenvalue weighted by Gasteiger charge is -2.30. The van der Waals surface area contributed by atoms with Crippen molar-refractivity contribution in [2.75, 3.05) is 32.1 Å². The van der Waals surface area contributed by atoms with Gasteiger partial charge in [0, 0.05) is 22.5 Å². The third kappa shape index (κ3) is 5.63. The van der Waals surface area contributed by atoms with E-state index < -0.39 is 0 Å². The standard InChI is InChI=1S/C22H24ClN3O2S/c1-25(2)13-7-12-24-21(27)14-20-22(28)26(15-16-8-3-4-9-17(16)23)18-10-5-6-11-19(18)29-20/h3-6,8-11,14H,7,12-13,15H2,1-2H3,(H,24,27). The van der Waals surface area contributed by atoms with E-state index in [0.717, 1.165) is 29.1 Å². The molecule has 2 aromatic carbocycles. The highest BCUT2D eigenvalue weighted by Gasteiger charge is 2.30. The highest BCUT2D eigenvalue weighted by Crippen LogP contribution is 2.42. The first-order valence-electron chi connectivity index (χ1n) is 9.42. The van der Waals surface area contributed by atoms with E-state index in [4.69, 9.17) is 11.6 Å². The molecular formula is C22H24ClN3O2S. The molecule has 0 bridgehead atoms. The summed E-state index contributed by atoms with van der Waals surface area (Å²) >= 11 is 7.63. The largest absolute Gasteiger partial charge is 0.352 e. The molecule has 0 atom stereocenters. The van der Waals surface area contributed by atoms with Crippen molar-refractivity contribution in [3.05, 3.63) is 70.1 Å². The van der Waals surface area contributed by atoms with Crippen LogP contribution in [0, 0.1) is 0 Å². The van der Waals surface area contributed by atoms with E-state index in [2.05, 4.69) is 10.2 Å². The molecule has 1 heterocycles. The summed E-state index contributed by atoms with van der Waals surface area (Å²) in [7, 11) is 3.98. The van der Waals surface area contributed by atoms with Crippen LogP contribution in [0.25, 0.3) is 0 Å². The number of hydrogen-bond donors (Lipinski definition) is 1. The van der Waals surface area contributed by atoms with Gasteiger partial charge in [0.1, 0.15) is 0 Å². The number of hydrogen-bond acceptors (Lipinski definition) is 4. The number of benzene rings is 2. The summed E-state index contributed by atoms with van der Waals surface area (Å²) in [6.45, 7) is 1.81. The van der Waals surface area contributed by atoms with Gasteiger partial charge in [-0.05, 0) is 50.8 Å². The quantitative estimate of drug-likeness (QED) is 0.535. The SMILES string of the molecule is CN(C)CCCNC(=O)C=C1Sc2ccccc2N(Cc2ccccc2Cl)C1=O. The number of para-hydroxylation sites is 1. The molecule has 0 aliphatic carbocycles. The van der Waals surface area contributed by atoms with Crippen molar-refractivity contribution in [1.29, 1.82) is 0 Å². The van der Waals surface area contributed by atoms with Crippen LogP contribution >= 0.6 is 23.4 Å². The van der Waals surface area contributed by atoms with Gasteiger partial charge < -0.3 is 15.1 Å². The summed E-state index contributed by atoms with van der Waals surface area (Å²) in [5.41, 5.74) is 1.68. The smallest absolute Gasteiger partial charge is 0.265 e. The van der Waals surface area contributed by atoms with E-state index in [1.165, 1.54) is 17.8 Å².